The number of amides is 1. The molecule has 1 heterocycles. The second kappa shape index (κ2) is 6.67. The SMILES string of the molecule is Cc1ccc2c(CC(=O)NOCc3ccccc3)coc2c1C. The number of benzene rings is 2. The largest absolute Gasteiger partial charge is 0.464 e. The van der Waals surface area contributed by atoms with Crippen LogP contribution >= 0.6 is 0 Å². The van der Waals surface area contributed by atoms with Crippen LogP contribution in [0.15, 0.2) is 53.1 Å². The smallest absolute Gasteiger partial charge is 0.248 e. The molecule has 1 amide bonds. The first-order valence-corrected chi connectivity index (χ1v) is 7.56. The molecule has 4 heteroatoms. The molecule has 1 aromatic heterocycles. The molecule has 3 rings (SSSR count). The topological polar surface area (TPSA) is 51.5 Å². The summed E-state index contributed by atoms with van der Waals surface area (Å²) in [5.74, 6) is -0.193. The van der Waals surface area contributed by atoms with E-state index >= 15 is 0 Å². The summed E-state index contributed by atoms with van der Waals surface area (Å²) >= 11 is 0. The van der Waals surface area contributed by atoms with E-state index in [2.05, 4.69) is 5.48 Å². The zero-order valence-corrected chi connectivity index (χ0v) is 13.3. The molecule has 0 spiro atoms. The third kappa shape index (κ3) is 3.43. The van der Waals surface area contributed by atoms with Crippen LogP contribution in [0.1, 0.15) is 22.3 Å². The van der Waals surface area contributed by atoms with Gasteiger partial charge in [0.15, 0.2) is 0 Å². The van der Waals surface area contributed by atoms with Crippen LogP contribution in [-0.4, -0.2) is 5.91 Å². The molecule has 118 valence electrons. The van der Waals surface area contributed by atoms with Gasteiger partial charge in [0.1, 0.15) is 5.58 Å². The molecule has 0 bridgehead atoms. The molecule has 0 saturated carbocycles. The molecule has 0 aliphatic carbocycles. The Balaban J connectivity index is 1.61. The second-order valence-corrected chi connectivity index (χ2v) is 5.62. The molecular weight excluding hydrogens is 290 g/mol. The average Bonchev–Trinajstić information content (AvgIpc) is 2.95. The van der Waals surface area contributed by atoms with Gasteiger partial charge in [-0.25, -0.2) is 5.48 Å². The first-order chi connectivity index (χ1) is 11.1. The molecule has 2 aromatic carbocycles. The number of hydroxylamine groups is 1. The van der Waals surface area contributed by atoms with Gasteiger partial charge in [-0.15, -0.1) is 0 Å². The van der Waals surface area contributed by atoms with Gasteiger partial charge in [0.05, 0.1) is 19.3 Å². The fraction of sp³-hybridized carbons (Fsp3) is 0.211. The van der Waals surface area contributed by atoms with Gasteiger partial charge in [0, 0.05) is 10.9 Å². The first kappa shape index (κ1) is 15.3. The highest BCUT2D eigenvalue weighted by Gasteiger charge is 2.12. The van der Waals surface area contributed by atoms with Crippen LogP contribution in [0, 0.1) is 13.8 Å². The minimum Gasteiger partial charge on any atom is -0.464 e. The predicted molar refractivity (Wildman–Crippen MR) is 88.8 cm³/mol. The van der Waals surface area contributed by atoms with Crippen LogP contribution in [0.4, 0.5) is 0 Å². The fourth-order valence-corrected chi connectivity index (χ4v) is 2.51. The third-order valence-electron chi connectivity index (χ3n) is 3.96. The van der Waals surface area contributed by atoms with Crippen LogP contribution < -0.4 is 5.48 Å². The highest BCUT2D eigenvalue weighted by molar-refractivity contribution is 5.89. The standard InChI is InChI=1S/C19H19NO3/c1-13-8-9-17-16(12-22-19(17)14(13)2)10-18(21)20-23-11-15-6-4-3-5-7-15/h3-9,12H,10-11H2,1-2H3,(H,20,21). The highest BCUT2D eigenvalue weighted by atomic mass is 16.6. The Kier molecular flexibility index (Phi) is 4.44. The number of carbonyl (C=O) groups excluding carboxylic acids is 1. The number of carbonyl (C=O) groups is 1. The van der Waals surface area contributed by atoms with E-state index in [4.69, 9.17) is 9.25 Å². The summed E-state index contributed by atoms with van der Waals surface area (Å²) in [5.41, 5.74) is 7.48. The van der Waals surface area contributed by atoms with Crippen LogP contribution in [0.25, 0.3) is 11.0 Å². The second-order valence-electron chi connectivity index (χ2n) is 5.62. The van der Waals surface area contributed by atoms with Crippen molar-refractivity contribution in [2.75, 3.05) is 0 Å². The lowest BCUT2D eigenvalue weighted by Crippen LogP contribution is -2.25. The maximum Gasteiger partial charge on any atom is 0.248 e. The summed E-state index contributed by atoms with van der Waals surface area (Å²) in [6.45, 7) is 4.41. The molecule has 0 radical (unpaired) electrons. The number of nitrogens with one attached hydrogen (secondary N) is 1. The van der Waals surface area contributed by atoms with Crippen molar-refractivity contribution in [2.45, 2.75) is 26.9 Å². The van der Waals surface area contributed by atoms with E-state index in [-0.39, 0.29) is 12.3 Å². The summed E-state index contributed by atoms with van der Waals surface area (Å²) in [4.78, 5) is 17.3. The maximum absolute atomic E-state index is 12.0. The summed E-state index contributed by atoms with van der Waals surface area (Å²) in [6, 6.07) is 13.7. The molecular formula is C19H19NO3. The van der Waals surface area contributed by atoms with Gasteiger partial charge < -0.3 is 4.42 Å². The zero-order valence-electron chi connectivity index (χ0n) is 13.3. The lowest BCUT2D eigenvalue weighted by Gasteiger charge is -2.05. The molecule has 4 nitrogen and oxygen atoms in total. The van der Waals surface area contributed by atoms with E-state index in [1.165, 1.54) is 5.56 Å². The molecule has 0 aliphatic heterocycles. The van der Waals surface area contributed by atoms with Crippen molar-refractivity contribution < 1.29 is 14.0 Å². The Hall–Kier alpha value is -2.59. The number of hydrogen-bond donors (Lipinski definition) is 1. The minimum atomic E-state index is -0.193. The maximum atomic E-state index is 12.0. The van der Waals surface area contributed by atoms with Crippen LogP contribution in [0.5, 0.6) is 0 Å². The van der Waals surface area contributed by atoms with Crippen molar-refractivity contribution in [2.24, 2.45) is 0 Å². The number of rotatable bonds is 5. The van der Waals surface area contributed by atoms with E-state index in [9.17, 15) is 4.79 Å². The van der Waals surface area contributed by atoms with Crippen LogP contribution in [-0.2, 0) is 22.7 Å². The molecule has 0 unspecified atom stereocenters. The Labute approximate surface area is 135 Å². The highest BCUT2D eigenvalue weighted by Crippen LogP contribution is 2.26. The van der Waals surface area contributed by atoms with E-state index in [0.717, 1.165) is 27.7 Å². The van der Waals surface area contributed by atoms with Gasteiger partial charge >= 0.3 is 0 Å². The van der Waals surface area contributed by atoms with Gasteiger partial charge in [-0.1, -0.05) is 42.5 Å². The van der Waals surface area contributed by atoms with Gasteiger partial charge in [0.25, 0.3) is 0 Å². The van der Waals surface area contributed by atoms with Crippen molar-refractivity contribution in [3.8, 4) is 0 Å². The van der Waals surface area contributed by atoms with Gasteiger partial charge in [0.2, 0.25) is 5.91 Å². The third-order valence-corrected chi connectivity index (χ3v) is 3.96. The lowest BCUT2D eigenvalue weighted by atomic mass is 10.0. The lowest BCUT2D eigenvalue weighted by molar-refractivity contribution is -0.133. The van der Waals surface area contributed by atoms with E-state index in [0.29, 0.717) is 6.61 Å². The van der Waals surface area contributed by atoms with Gasteiger partial charge in [-0.2, -0.15) is 0 Å². The van der Waals surface area contributed by atoms with Crippen molar-refractivity contribution >= 4 is 16.9 Å². The van der Waals surface area contributed by atoms with Crippen LogP contribution in [0.3, 0.4) is 0 Å². The molecule has 1 N–H and O–H groups in total. The Morgan fingerprint density at radius 3 is 2.70 bits per heavy atom. The first-order valence-electron chi connectivity index (χ1n) is 7.56. The quantitative estimate of drug-likeness (QED) is 0.729. The molecule has 0 atom stereocenters. The average molecular weight is 309 g/mol. The van der Waals surface area contributed by atoms with Crippen molar-refractivity contribution in [1.82, 2.24) is 5.48 Å². The van der Waals surface area contributed by atoms with Gasteiger partial charge in [-0.3, -0.25) is 9.63 Å². The van der Waals surface area contributed by atoms with Gasteiger partial charge in [-0.05, 0) is 30.5 Å². The number of aryl methyl sites for hydroxylation is 2. The zero-order chi connectivity index (χ0) is 16.2. The Morgan fingerprint density at radius 1 is 1.13 bits per heavy atom. The fourth-order valence-electron chi connectivity index (χ4n) is 2.51. The number of furan rings is 1. The normalized spacial score (nSPS) is 10.9. The summed E-state index contributed by atoms with van der Waals surface area (Å²) in [6.07, 6.45) is 1.87. The Bertz CT molecular complexity index is 821. The Morgan fingerprint density at radius 2 is 1.91 bits per heavy atom. The monoisotopic (exact) mass is 309 g/mol. The van der Waals surface area contributed by atoms with Crippen molar-refractivity contribution in [3.63, 3.8) is 0 Å². The van der Waals surface area contributed by atoms with Crippen LogP contribution in [0.2, 0.25) is 0 Å². The molecule has 0 fully saturated rings. The minimum absolute atomic E-state index is 0.193. The summed E-state index contributed by atoms with van der Waals surface area (Å²) in [7, 11) is 0. The molecule has 0 aliphatic rings. The summed E-state index contributed by atoms with van der Waals surface area (Å²) in [5, 5.41) is 0.978. The molecule has 23 heavy (non-hydrogen) atoms. The van der Waals surface area contributed by atoms with E-state index in [1.54, 1.807) is 6.26 Å². The van der Waals surface area contributed by atoms with Crippen molar-refractivity contribution in [3.05, 3.63) is 71.0 Å². The summed E-state index contributed by atoms with van der Waals surface area (Å²) < 4.78 is 5.61. The van der Waals surface area contributed by atoms with E-state index in [1.807, 2.05) is 56.3 Å². The van der Waals surface area contributed by atoms with Crippen molar-refractivity contribution in [1.29, 1.82) is 0 Å². The van der Waals surface area contributed by atoms with E-state index < -0.39 is 0 Å². The molecule has 0 saturated heterocycles. The number of fused-ring (bicyclic) bond motifs is 1. The predicted octanol–water partition coefficient (Wildman–Crippen LogP) is 3.84. The number of hydrogen-bond acceptors (Lipinski definition) is 3. The molecule has 3 aromatic rings.